The van der Waals surface area contributed by atoms with Crippen molar-refractivity contribution in [3.63, 3.8) is 0 Å². The molecule has 1 aliphatic rings. The van der Waals surface area contributed by atoms with Crippen molar-refractivity contribution in [2.24, 2.45) is 0 Å². The Labute approximate surface area is 241 Å². The van der Waals surface area contributed by atoms with Crippen LogP contribution >= 0.6 is 0 Å². The second kappa shape index (κ2) is 12.3. The number of sulfonamides is 1. The monoisotopic (exact) mass is 587 g/mol. The number of carbonyl (C=O) groups is 2. The summed E-state index contributed by atoms with van der Waals surface area (Å²) in [6.07, 6.45) is 0. The van der Waals surface area contributed by atoms with Crippen LogP contribution in [-0.2, 0) is 24.3 Å². The lowest BCUT2D eigenvalue weighted by Gasteiger charge is -2.26. The minimum Gasteiger partial charge on any atom is -0.507 e. The summed E-state index contributed by atoms with van der Waals surface area (Å²) in [6, 6.07) is 23.5. The summed E-state index contributed by atoms with van der Waals surface area (Å²) in [5.74, 6) is -2.20. The molecule has 0 bridgehead atoms. The van der Waals surface area contributed by atoms with Gasteiger partial charge in [-0.1, -0.05) is 60.7 Å². The summed E-state index contributed by atoms with van der Waals surface area (Å²) in [4.78, 5) is 25.3. The molecule has 2 heterocycles. The van der Waals surface area contributed by atoms with Crippen molar-refractivity contribution in [3.8, 4) is 34.3 Å². The summed E-state index contributed by atoms with van der Waals surface area (Å²) < 4.78 is 43.4. The number of furan rings is 1. The number of nitriles is 1. The summed E-state index contributed by atoms with van der Waals surface area (Å²) in [5.41, 5.74) is 1.52. The van der Waals surface area contributed by atoms with Gasteiger partial charge in [0.2, 0.25) is 15.9 Å². The predicted molar refractivity (Wildman–Crippen MR) is 151 cm³/mol. The molecule has 1 amide bonds. The topological polar surface area (TPSA) is 159 Å². The minimum atomic E-state index is -3.95. The van der Waals surface area contributed by atoms with Crippen molar-refractivity contribution < 1.29 is 37.0 Å². The second-order valence-electron chi connectivity index (χ2n) is 9.17. The van der Waals surface area contributed by atoms with E-state index in [0.717, 1.165) is 12.1 Å². The molecular weight excluding hydrogens is 562 g/mol. The molecule has 1 aliphatic heterocycles. The number of phenolic OH excluding ortho intramolecular Hbond substituents is 1. The van der Waals surface area contributed by atoms with Crippen LogP contribution in [-0.4, -0.2) is 62.6 Å². The molecule has 1 aromatic heterocycles. The van der Waals surface area contributed by atoms with E-state index in [9.17, 15) is 28.4 Å². The third kappa shape index (κ3) is 5.89. The number of anilines is 1. The molecule has 5 rings (SSSR count). The Hall–Kier alpha value is -4.96. The number of hydrogen-bond donors (Lipinski definition) is 2. The van der Waals surface area contributed by atoms with Gasteiger partial charge in [-0.3, -0.25) is 10.1 Å². The molecule has 42 heavy (non-hydrogen) atoms. The van der Waals surface area contributed by atoms with Crippen molar-refractivity contribution in [3.05, 3.63) is 90.0 Å². The van der Waals surface area contributed by atoms with E-state index in [1.54, 1.807) is 12.1 Å². The van der Waals surface area contributed by atoms with Crippen molar-refractivity contribution >= 4 is 27.8 Å². The smallest absolute Gasteiger partial charge is 0.342 e. The first kappa shape index (κ1) is 28.6. The number of aromatic hydroxyl groups is 1. The van der Waals surface area contributed by atoms with Crippen LogP contribution in [0.3, 0.4) is 0 Å². The number of morpholine rings is 1. The number of phenols is 1. The number of hydrogen-bond acceptors (Lipinski definition) is 9. The Morgan fingerprint density at radius 1 is 0.976 bits per heavy atom. The van der Waals surface area contributed by atoms with Gasteiger partial charge in [0, 0.05) is 24.2 Å². The molecule has 1 fully saturated rings. The van der Waals surface area contributed by atoms with Crippen LogP contribution < -0.4 is 5.32 Å². The number of benzene rings is 3. The quantitative estimate of drug-likeness (QED) is 0.291. The van der Waals surface area contributed by atoms with E-state index in [-0.39, 0.29) is 42.6 Å². The van der Waals surface area contributed by atoms with E-state index in [1.807, 2.05) is 48.5 Å². The minimum absolute atomic E-state index is 0.0818. The van der Waals surface area contributed by atoms with E-state index in [0.29, 0.717) is 22.5 Å². The third-order valence-corrected chi connectivity index (χ3v) is 8.40. The van der Waals surface area contributed by atoms with Crippen LogP contribution in [0.25, 0.3) is 22.5 Å². The lowest BCUT2D eigenvalue weighted by Crippen LogP contribution is -2.40. The summed E-state index contributed by atoms with van der Waals surface area (Å²) in [7, 11) is -3.95. The van der Waals surface area contributed by atoms with Crippen LogP contribution in [0, 0.1) is 11.3 Å². The molecule has 11 nitrogen and oxygen atoms in total. The van der Waals surface area contributed by atoms with Gasteiger partial charge in [-0.05, 0) is 23.8 Å². The number of amides is 1. The van der Waals surface area contributed by atoms with Crippen LogP contribution in [0.15, 0.2) is 88.2 Å². The van der Waals surface area contributed by atoms with E-state index in [2.05, 4.69) is 11.4 Å². The highest BCUT2D eigenvalue weighted by atomic mass is 32.2. The number of nitrogens with one attached hydrogen (secondary N) is 1. The number of esters is 1. The van der Waals surface area contributed by atoms with E-state index in [1.165, 1.54) is 10.4 Å². The highest BCUT2D eigenvalue weighted by molar-refractivity contribution is 7.89. The van der Waals surface area contributed by atoms with Crippen LogP contribution in [0.2, 0.25) is 0 Å². The molecule has 2 N–H and O–H groups in total. The first-order chi connectivity index (χ1) is 20.3. The summed E-state index contributed by atoms with van der Waals surface area (Å²) >= 11 is 0. The van der Waals surface area contributed by atoms with Gasteiger partial charge in [0.1, 0.15) is 28.7 Å². The maximum Gasteiger partial charge on any atom is 0.342 e. The van der Waals surface area contributed by atoms with E-state index < -0.39 is 39.8 Å². The maximum absolute atomic E-state index is 13.0. The van der Waals surface area contributed by atoms with Crippen LogP contribution in [0.4, 0.5) is 5.88 Å². The van der Waals surface area contributed by atoms with Gasteiger partial charge in [0.05, 0.1) is 18.1 Å². The van der Waals surface area contributed by atoms with E-state index >= 15 is 0 Å². The first-order valence-electron chi connectivity index (χ1n) is 12.8. The number of rotatable bonds is 8. The van der Waals surface area contributed by atoms with Crippen molar-refractivity contribution in [1.29, 1.82) is 5.26 Å². The number of carbonyl (C=O) groups excluding carboxylic acids is 2. The Balaban J connectivity index is 1.34. The van der Waals surface area contributed by atoms with Crippen molar-refractivity contribution in [2.75, 3.05) is 38.2 Å². The van der Waals surface area contributed by atoms with Gasteiger partial charge < -0.3 is 19.0 Å². The molecule has 214 valence electrons. The Kier molecular flexibility index (Phi) is 8.35. The Morgan fingerprint density at radius 3 is 2.26 bits per heavy atom. The predicted octanol–water partition coefficient (Wildman–Crippen LogP) is 4.01. The maximum atomic E-state index is 13.0. The van der Waals surface area contributed by atoms with Gasteiger partial charge in [-0.2, -0.15) is 9.57 Å². The zero-order valence-corrected chi connectivity index (χ0v) is 23.0. The molecular formula is C30H25N3O8S. The lowest BCUT2D eigenvalue weighted by molar-refractivity contribution is -0.119. The summed E-state index contributed by atoms with van der Waals surface area (Å²) in [6.45, 7) is -0.0167. The Bertz CT molecular complexity index is 1760. The largest absolute Gasteiger partial charge is 0.507 e. The average Bonchev–Trinajstić information content (AvgIpc) is 3.39. The molecule has 4 aromatic rings. The lowest BCUT2D eigenvalue weighted by atomic mass is 9.98. The second-order valence-corrected chi connectivity index (χ2v) is 11.1. The molecule has 0 saturated carbocycles. The fourth-order valence-electron chi connectivity index (χ4n) is 4.45. The highest BCUT2D eigenvalue weighted by Gasteiger charge is 2.29. The molecule has 0 spiro atoms. The number of ether oxygens (including phenoxy) is 2. The van der Waals surface area contributed by atoms with Gasteiger partial charge in [0.25, 0.3) is 5.91 Å². The van der Waals surface area contributed by atoms with Crippen LogP contribution in [0.1, 0.15) is 15.9 Å². The molecule has 0 unspecified atom stereocenters. The summed E-state index contributed by atoms with van der Waals surface area (Å²) in [5, 5.41) is 22.7. The molecule has 1 saturated heterocycles. The molecule has 0 radical (unpaired) electrons. The van der Waals surface area contributed by atoms with Crippen molar-refractivity contribution in [2.45, 2.75) is 4.90 Å². The normalized spacial score (nSPS) is 13.7. The highest BCUT2D eigenvalue weighted by Crippen LogP contribution is 2.41. The molecule has 0 aliphatic carbocycles. The standard InChI is InChI=1S/C30H25N3O8S/c31-18-24-27(20-7-3-1-4-8-20)28(21-9-5-2-6-10-21)41-29(24)32-26(35)19-40-30(36)23-17-22(11-12-25(23)34)42(37,38)33-13-15-39-16-14-33/h1-12,17,34H,13-16,19H2,(H,32,35). The zero-order valence-electron chi connectivity index (χ0n) is 22.1. The third-order valence-electron chi connectivity index (χ3n) is 6.50. The van der Waals surface area contributed by atoms with Gasteiger partial charge in [-0.25, -0.2) is 13.2 Å². The number of nitrogens with zero attached hydrogens (tertiary/aromatic N) is 2. The fraction of sp³-hybridized carbons (Fsp3) is 0.167. The van der Waals surface area contributed by atoms with Crippen LogP contribution in [0.5, 0.6) is 5.75 Å². The van der Waals surface area contributed by atoms with Crippen molar-refractivity contribution in [1.82, 2.24) is 4.31 Å². The van der Waals surface area contributed by atoms with Gasteiger partial charge in [0.15, 0.2) is 6.61 Å². The molecule has 3 aromatic carbocycles. The average molecular weight is 588 g/mol. The van der Waals surface area contributed by atoms with Gasteiger partial charge >= 0.3 is 5.97 Å². The molecule has 0 atom stereocenters. The molecule has 12 heteroatoms. The van der Waals surface area contributed by atoms with E-state index in [4.69, 9.17) is 13.9 Å². The SMILES string of the molecule is N#Cc1c(NC(=O)COC(=O)c2cc(S(=O)(=O)N3CCOCC3)ccc2O)oc(-c2ccccc2)c1-c1ccccc1. The first-order valence-corrected chi connectivity index (χ1v) is 14.3. The van der Waals surface area contributed by atoms with Gasteiger partial charge in [-0.15, -0.1) is 0 Å². The fourth-order valence-corrected chi connectivity index (χ4v) is 5.88. The zero-order chi connectivity index (χ0) is 29.7. The Morgan fingerprint density at radius 2 is 1.62 bits per heavy atom.